The molecule has 0 unspecified atom stereocenters. The normalized spacial score (nSPS) is 16.0. The molecular weight excluding hydrogens is 405 g/mol. The van der Waals surface area contributed by atoms with Crippen molar-refractivity contribution in [1.82, 2.24) is 13.9 Å². The minimum absolute atomic E-state index is 0.0425. The van der Waals surface area contributed by atoms with Crippen molar-refractivity contribution in [1.29, 1.82) is 0 Å². The van der Waals surface area contributed by atoms with Gasteiger partial charge in [-0.15, -0.1) is 0 Å². The predicted octanol–water partition coefficient (Wildman–Crippen LogP) is 1.82. The summed E-state index contributed by atoms with van der Waals surface area (Å²) >= 11 is 0. The van der Waals surface area contributed by atoms with Crippen LogP contribution in [0.3, 0.4) is 0 Å². The number of benzene rings is 1. The van der Waals surface area contributed by atoms with Gasteiger partial charge in [-0.05, 0) is 25.8 Å². The highest BCUT2D eigenvalue weighted by atomic mass is 32.2. The van der Waals surface area contributed by atoms with Crippen LogP contribution in [0, 0.1) is 28.8 Å². The van der Waals surface area contributed by atoms with E-state index in [1.165, 1.54) is 10.5 Å². The van der Waals surface area contributed by atoms with E-state index in [1.54, 1.807) is 18.5 Å². The maximum atomic E-state index is 13.9. The zero-order chi connectivity index (χ0) is 21.3. The Bertz CT molecular complexity index is 1040. The summed E-state index contributed by atoms with van der Waals surface area (Å²) in [6.45, 7) is 1.93. The number of carbonyl (C=O) groups is 1. The van der Waals surface area contributed by atoms with Gasteiger partial charge in [-0.3, -0.25) is 14.9 Å². The number of aryl methyl sites for hydroxylation is 2. The fourth-order valence-electron chi connectivity index (χ4n) is 3.10. The average molecular weight is 425 g/mol. The largest absolute Gasteiger partial charge is 0.337 e. The first-order chi connectivity index (χ1) is 13.6. The lowest BCUT2D eigenvalue weighted by Gasteiger charge is -2.29. The van der Waals surface area contributed by atoms with E-state index >= 15 is 0 Å². The van der Waals surface area contributed by atoms with Crippen molar-refractivity contribution in [3.05, 3.63) is 46.2 Å². The van der Waals surface area contributed by atoms with Crippen molar-refractivity contribution >= 4 is 27.3 Å². The minimum atomic E-state index is -3.76. The Balaban J connectivity index is 1.65. The Kier molecular flexibility index (Phi) is 5.66. The van der Waals surface area contributed by atoms with Crippen LogP contribution in [-0.4, -0.2) is 46.2 Å². The predicted molar refractivity (Wildman–Crippen MR) is 101 cm³/mol. The molecule has 3 rings (SSSR count). The van der Waals surface area contributed by atoms with Gasteiger partial charge in [0.2, 0.25) is 5.91 Å². The van der Waals surface area contributed by atoms with Gasteiger partial charge < -0.3 is 9.88 Å². The Morgan fingerprint density at radius 3 is 2.55 bits per heavy atom. The summed E-state index contributed by atoms with van der Waals surface area (Å²) in [7, 11) is -2.06. The number of hydrogen-bond donors (Lipinski definition) is 1. The third-order valence-electron chi connectivity index (χ3n) is 4.93. The summed E-state index contributed by atoms with van der Waals surface area (Å²) in [6.07, 6.45) is 1.93. The lowest BCUT2D eigenvalue weighted by Crippen LogP contribution is -2.41. The molecular formula is C17H20FN5O5S. The number of amides is 1. The van der Waals surface area contributed by atoms with Crippen LogP contribution in [0.1, 0.15) is 18.7 Å². The number of nitro groups is 1. The van der Waals surface area contributed by atoms with E-state index in [1.807, 2.05) is 0 Å². The zero-order valence-electron chi connectivity index (χ0n) is 15.8. The number of rotatable bonds is 5. The lowest BCUT2D eigenvalue weighted by molar-refractivity contribution is -0.384. The third-order valence-corrected chi connectivity index (χ3v) is 6.70. The van der Waals surface area contributed by atoms with Gasteiger partial charge in [-0.25, -0.2) is 17.8 Å². The molecule has 156 valence electrons. The first-order valence-electron chi connectivity index (χ1n) is 8.84. The molecule has 1 N–H and O–H groups in total. The highest BCUT2D eigenvalue weighted by molar-refractivity contribution is 7.89. The molecule has 1 fully saturated rings. The molecule has 1 aliphatic heterocycles. The van der Waals surface area contributed by atoms with Gasteiger partial charge in [-0.1, -0.05) is 0 Å². The van der Waals surface area contributed by atoms with Gasteiger partial charge in [-0.2, -0.15) is 4.31 Å². The van der Waals surface area contributed by atoms with Crippen molar-refractivity contribution in [3.63, 3.8) is 0 Å². The fourth-order valence-corrected chi connectivity index (χ4v) is 4.59. The minimum Gasteiger partial charge on any atom is -0.337 e. The molecule has 2 heterocycles. The Hall–Kier alpha value is -2.86. The smallest absolute Gasteiger partial charge is 0.271 e. The summed E-state index contributed by atoms with van der Waals surface area (Å²) in [4.78, 5) is 26.6. The van der Waals surface area contributed by atoms with Crippen LogP contribution < -0.4 is 5.32 Å². The second-order valence-corrected chi connectivity index (χ2v) is 8.71. The summed E-state index contributed by atoms with van der Waals surface area (Å²) < 4.78 is 42.2. The topological polar surface area (TPSA) is 127 Å². The molecule has 0 spiro atoms. The van der Waals surface area contributed by atoms with Gasteiger partial charge in [0.05, 0.1) is 10.6 Å². The van der Waals surface area contributed by atoms with Crippen LogP contribution >= 0.6 is 0 Å². The highest BCUT2D eigenvalue weighted by Gasteiger charge is 2.33. The molecule has 1 aliphatic rings. The number of nitro benzene ring substituents is 1. The van der Waals surface area contributed by atoms with E-state index in [4.69, 9.17) is 0 Å². The zero-order valence-corrected chi connectivity index (χ0v) is 16.6. The molecule has 0 aliphatic carbocycles. The molecule has 1 amide bonds. The third kappa shape index (κ3) is 4.27. The van der Waals surface area contributed by atoms with Crippen LogP contribution in [0.2, 0.25) is 0 Å². The fraction of sp³-hybridized carbons (Fsp3) is 0.412. The number of hydrogen-bond acceptors (Lipinski definition) is 6. The number of imidazole rings is 1. The van der Waals surface area contributed by atoms with Crippen molar-refractivity contribution < 1.29 is 22.5 Å². The molecule has 1 saturated heterocycles. The van der Waals surface area contributed by atoms with Crippen LogP contribution in [0.4, 0.5) is 15.8 Å². The molecule has 2 aromatic rings. The number of nitrogens with zero attached hydrogens (tertiary/aromatic N) is 4. The van der Waals surface area contributed by atoms with Crippen molar-refractivity contribution in [3.8, 4) is 0 Å². The Morgan fingerprint density at radius 1 is 1.34 bits per heavy atom. The quantitative estimate of drug-likeness (QED) is 0.575. The molecule has 12 heteroatoms. The summed E-state index contributed by atoms with van der Waals surface area (Å²) in [6, 6.07) is 2.88. The maximum absolute atomic E-state index is 13.9. The van der Waals surface area contributed by atoms with E-state index in [9.17, 15) is 27.7 Å². The van der Waals surface area contributed by atoms with E-state index in [0.717, 1.165) is 18.2 Å². The SMILES string of the molecule is Cc1nc(S(=O)(=O)N2CCC(C(=O)Nc3cc([N+](=O)[O-])ccc3F)CC2)cn1C. The number of carbonyl (C=O) groups excluding carboxylic acids is 1. The summed E-state index contributed by atoms with van der Waals surface area (Å²) in [5, 5.41) is 13.1. The number of halogens is 1. The van der Waals surface area contributed by atoms with Crippen molar-refractivity contribution in [2.45, 2.75) is 24.8 Å². The number of sulfonamides is 1. The molecule has 1 aromatic heterocycles. The van der Waals surface area contributed by atoms with Gasteiger partial charge in [0, 0.05) is 44.4 Å². The van der Waals surface area contributed by atoms with Crippen LogP contribution in [0.5, 0.6) is 0 Å². The summed E-state index contributed by atoms with van der Waals surface area (Å²) in [5.74, 6) is -1.26. The number of piperidine rings is 1. The van der Waals surface area contributed by atoms with Crippen LogP contribution in [-0.2, 0) is 21.9 Å². The lowest BCUT2D eigenvalue weighted by atomic mass is 9.97. The number of nitrogens with one attached hydrogen (secondary N) is 1. The average Bonchev–Trinajstić information content (AvgIpc) is 3.03. The van der Waals surface area contributed by atoms with Crippen molar-refractivity contribution in [2.24, 2.45) is 13.0 Å². The highest BCUT2D eigenvalue weighted by Crippen LogP contribution is 2.26. The van der Waals surface area contributed by atoms with Gasteiger partial charge in [0.15, 0.2) is 5.03 Å². The van der Waals surface area contributed by atoms with Gasteiger partial charge in [0.25, 0.3) is 15.7 Å². The summed E-state index contributed by atoms with van der Waals surface area (Å²) in [5.41, 5.74) is -0.614. The first kappa shape index (κ1) is 20.9. The van der Waals surface area contributed by atoms with E-state index in [2.05, 4.69) is 10.3 Å². The van der Waals surface area contributed by atoms with Crippen LogP contribution in [0.15, 0.2) is 29.4 Å². The molecule has 29 heavy (non-hydrogen) atoms. The Morgan fingerprint density at radius 2 is 2.00 bits per heavy atom. The molecule has 0 atom stereocenters. The molecule has 1 aromatic carbocycles. The first-order valence-corrected chi connectivity index (χ1v) is 10.3. The number of anilines is 1. The van der Waals surface area contributed by atoms with E-state index in [0.29, 0.717) is 5.82 Å². The second kappa shape index (κ2) is 7.87. The Labute approximate surface area is 166 Å². The monoisotopic (exact) mass is 425 g/mol. The standard InChI is InChI=1S/C17H20FN5O5S/c1-11-19-16(10-21(11)2)29(27,28)22-7-5-12(6-8-22)17(24)20-15-9-13(23(25)26)3-4-14(15)18/h3-4,9-10,12H,5-8H2,1-2H3,(H,20,24). The number of non-ortho nitro benzene ring substituents is 1. The molecule has 0 radical (unpaired) electrons. The molecule has 10 nitrogen and oxygen atoms in total. The van der Waals surface area contributed by atoms with Gasteiger partial charge >= 0.3 is 0 Å². The van der Waals surface area contributed by atoms with Gasteiger partial charge in [0.1, 0.15) is 11.6 Å². The maximum Gasteiger partial charge on any atom is 0.271 e. The molecule has 0 saturated carbocycles. The molecule has 0 bridgehead atoms. The number of aromatic nitrogens is 2. The van der Waals surface area contributed by atoms with E-state index < -0.39 is 32.6 Å². The van der Waals surface area contributed by atoms with Crippen molar-refractivity contribution in [2.75, 3.05) is 18.4 Å². The van der Waals surface area contributed by atoms with Crippen LogP contribution in [0.25, 0.3) is 0 Å². The second-order valence-electron chi connectivity index (χ2n) is 6.83. The van der Waals surface area contributed by atoms with E-state index in [-0.39, 0.29) is 42.3 Å².